The Balaban J connectivity index is 1.66. The van der Waals surface area contributed by atoms with Gasteiger partial charge in [0.05, 0.1) is 12.6 Å². The summed E-state index contributed by atoms with van der Waals surface area (Å²) in [5.41, 5.74) is 0.646. The third-order valence-corrected chi connectivity index (χ3v) is 5.97. The quantitative estimate of drug-likeness (QED) is 0.786. The molecule has 1 aliphatic heterocycles. The van der Waals surface area contributed by atoms with Crippen molar-refractivity contribution in [3.8, 4) is 5.75 Å². The van der Waals surface area contributed by atoms with Gasteiger partial charge in [-0.25, -0.2) is 0 Å². The number of amides is 1. The number of nitrogens with zero attached hydrogens (tertiary/aromatic N) is 1. The molecule has 1 aromatic carbocycles. The average molecular weight is 373 g/mol. The fourth-order valence-corrected chi connectivity index (χ4v) is 4.28. The van der Waals surface area contributed by atoms with Gasteiger partial charge in [-0.05, 0) is 68.4 Å². The van der Waals surface area contributed by atoms with Gasteiger partial charge in [-0.2, -0.15) is 0 Å². The Bertz CT molecular complexity index is 694. The van der Waals surface area contributed by atoms with Crippen molar-refractivity contribution in [1.29, 1.82) is 0 Å². The predicted octanol–water partition coefficient (Wildman–Crippen LogP) is 4.35. The van der Waals surface area contributed by atoms with Crippen LogP contribution in [0.3, 0.4) is 0 Å². The summed E-state index contributed by atoms with van der Waals surface area (Å²) < 4.78 is 5.50. The van der Waals surface area contributed by atoms with E-state index >= 15 is 0 Å². The molecule has 1 amide bonds. The van der Waals surface area contributed by atoms with Gasteiger partial charge in [0.2, 0.25) is 0 Å². The van der Waals surface area contributed by atoms with Crippen molar-refractivity contribution in [2.45, 2.75) is 32.7 Å². The van der Waals surface area contributed by atoms with Crippen LogP contribution in [0, 0.1) is 5.92 Å². The maximum absolute atomic E-state index is 12.6. The Kier molecular flexibility index (Phi) is 6.69. The molecule has 2 aromatic rings. The zero-order chi connectivity index (χ0) is 18.4. The summed E-state index contributed by atoms with van der Waals surface area (Å²) in [7, 11) is 0. The lowest BCUT2D eigenvalue weighted by Gasteiger charge is -2.36. The van der Waals surface area contributed by atoms with E-state index in [0.717, 1.165) is 24.8 Å². The molecular weight excluding hydrogens is 344 g/mol. The smallest absolute Gasteiger partial charge is 0.251 e. The number of nitrogens with one attached hydrogen (secondary N) is 1. The highest BCUT2D eigenvalue weighted by atomic mass is 32.1. The number of ether oxygens (including phenoxy) is 1. The van der Waals surface area contributed by atoms with E-state index in [4.69, 9.17) is 4.74 Å². The Morgan fingerprint density at radius 2 is 2.12 bits per heavy atom. The van der Waals surface area contributed by atoms with Crippen LogP contribution in [0.25, 0.3) is 0 Å². The second kappa shape index (κ2) is 9.19. The van der Waals surface area contributed by atoms with Gasteiger partial charge >= 0.3 is 0 Å². The number of hydrogen-bond acceptors (Lipinski definition) is 4. The van der Waals surface area contributed by atoms with Crippen LogP contribution in [0.4, 0.5) is 0 Å². The fraction of sp³-hybridized carbons (Fsp3) is 0.476. The lowest BCUT2D eigenvalue weighted by Crippen LogP contribution is -2.41. The first-order chi connectivity index (χ1) is 12.7. The minimum absolute atomic E-state index is 0.0431. The van der Waals surface area contributed by atoms with Crippen LogP contribution in [0.5, 0.6) is 5.75 Å². The Morgan fingerprint density at radius 1 is 1.31 bits per heavy atom. The van der Waals surface area contributed by atoms with Gasteiger partial charge in [0.1, 0.15) is 5.75 Å². The van der Waals surface area contributed by atoms with Crippen molar-refractivity contribution < 1.29 is 9.53 Å². The number of rotatable bonds is 7. The van der Waals surface area contributed by atoms with E-state index in [2.05, 4.69) is 34.7 Å². The molecule has 1 N–H and O–H groups in total. The lowest BCUT2D eigenvalue weighted by atomic mass is 9.97. The summed E-state index contributed by atoms with van der Waals surface area (Å²) in [5, 5.41) is 5.25. The molecule has 2 heterocycles. The van der Waals surface area contributed by atoms with Gasteiger partial charge in [0.25, 0.3) is 5.91 Å². The zero-order valence-electron chi connectivity index (χ0n) is 15.6. The number of piperidine rings is 1. The number of hydrogen-bond donors (Lipinski definition) is 1. The molecule has 0 aliphatic carbocycles. The molecule has 0 bridgehead atoms. The highest BCUT2D eigenvalue weighted by molar-refractivity contribution is 7.10. The topological polar surface area (TPSA) is 41.6 Å². The van der Waals surface area contributed by atoms with E-state index in [1.807, 2.05) is 31.2 Å². The molecular formula is C21H28N2O2S. The number of carbonyl (C=O) groups is 1. The molecule has 1 saturated heterocycles. The van der Waals surface area contributed by atoms with Gasteiger partial charge in [0.15, 0.2) is 0 Å². The van der Waals surface area contributed by atoms with Gasteiger partial charge in [0, 0.05) is 17.0 Å². The summed E-state index contributed by atoms with van der Waals surface area (Å²) in [4.78, 5) is 16.5. The SMILES string of the molecule is CCOc1cccc(C(=O)NCC(c2cccs2)N2CCC(C)CC2)c1. The van der Waals surface area contributed by atoms with E-state index in [9.17, 15) is 4.79 Å². The monoisotopic (exact) mass is 372 g/mol. The van der Waals surface area contributed by atoms with Crippen molar-refractivity contribution in [2.75, 3.05) is 26.2 Å². The number of carbonyl (C=O) groups excluding carboxylic acids is 1. The second-order valence-electron chi connectivity index (χ2n) is 6.92. The maximum Gasteiger partial charge on any atom is 0.251 e. The Labute approximate surface area is 160 Å². The largest absolute Gasteiger partial charge is 0.494 e. The van der Waals surface area contributed by atoms with Crippen LogP contribution < -0.4 is 10.1 Å². The number of thiophene rings is 1. The summed E-state index contributed by atoms with van der Waals surface area (Å²) >= 11 is 1.77. The van der Waals surface area contributed by atoms with E-state index in [1.54, 1.807) is 11.3 Å². The molecule has 1 aromatic heterocycles. The Morgan fingerprint density at radius 3 is 2.81 bits per heavy atom. The van der Waals surface area contributed by atoms with Crippen LogP contribution in [0.15, 0.2) is 41.8 Å². The highest BCUT2D eigenvalue weighted by Crippen LogP contribution is 2.29. The average Bonchev–Trinajstić information content (AvgIpc) is 3.18. The van der Waals surface area contributed by atoms with Crippen LogP contribution in [-0.2, 0) is 0 Å². The number of likely N-dealkylation sites (tertiary alicyclic amines) is 1. The van der Waals surface area contributed by atoms with Crippen LogP contribution in [0.1, 0.15) is 48.0 Å². The fourth-order valence-electron chi connectivity index (χ4n) is 3.42. The van der Waals surface area contributed by atoms with Crippen molar-refractivity contribution in [2.24, 2.45) is 5.92 Å². The molecule has 0 saturated carbocycles. The Hall–Kier alpha value is -1.85. The maximum atomic E-state index is 12.6. The predicted molar refractivity (Wildman–Crippen MR) is 107 cm³/mol. The number of benzene rings is 1. The van der Waals surface area contributed by atoms with Gasteiger partial charge in [-0.1, -0.05) is 19.1 Å². The molecule has 1 aliphatic rings. The summed E-state index contributed by atoms with van der Waals surface area (Å²) in [5.74, 6) is 1.49. The molecule has 140 valence electrons. The third kappa shape index (κ3) is 4.86. The lowest BCUT2D eigenvalue weighted by molar-refractivity contribution is 0.0914. The minimum atomic E-state index is -0.0431. The van der Waals surface area contributed by atoms with Crippen LogP contribution in [0.2, 0.25) is 0 Å². The second-order valence-corrected chi connectivity index (χ2v) is 7.90. The van der Waals surface area contributed by atoms with Gasteiger partial charge in [-0.3, -0.25) is 9.69 Å². The molecule has 26 heavy (non-hydrogen) atoms. The molecule has 1 fully saturated rings. The van der Waals surface area contributed by atoms with Crippen molar-refractivity contribution in [3.63, 3.8) is 0 Å². The molecule has 3 rings (SSSR count). The van der Waals surface area contributed by atoms with Crippen molar-refractivity contribution in [1.82, 2.24) is 10.2 Å². The third-order valence-electron chi connectivity index (χ3n) is 4.99. The summed E-state index contributed by atoms with van der Waals surface area (Å²) in [6.45, 7) is 7.69. The molecule has 5 heteroatoms. The zero-order valence-corrected chi connectivity index (χ0v) is 16.4. The molecule has 0 radical (unpaired) electrons. The summed E-state index contributed by atoms with van der Waals surface area (Å²) in [6.07, 6.45) is 2.46. The molecule has 0 spiro atoms. The van der Waals surface area contributed by atoms with Gasteiger partial charge < -0.3 is 10.1 Å². The molecule has 1 atom stereocenters. The standard InChI is InChI=1S/C21H28N2O2S/c1-3-25-18-7-4-6-17(14-18)21(24)22-15-19(20-8-5-13-26-20)23-11-9-16(2)10-12-23/h4-8,13-14,16,19H,3,9-12,15H2,1-2H3,(H,22,24). The van der Waals surface area contributed by atoms with E-state index < -0.39 is 0 Å². The first-order valence-corrected chi connectivity index (χ1v) is 10.3. The molecule has 1 unspecified atom stereocenters. The van der Waals surface area contributed by atoms with Gasteiger partial charge in [-0.15, -0.1) is 11.3 Å². The van der Waals surface area contributed by atoms with Crippen molar-refractivity contribution in [3.05, 3.63) is 52.2 Å². The summed E-state index contributed by atoms with van der Waals surface area (Å²) in [6, 6.07) is 11.9. The van der Waals surface area contributed by atoms with E-state index in [0.29, 0.717) is 18.7 Å². The van der Waals surface area contributed by atoms with E-state index in [-0.39, 0.29) is 11.9 Å². The highest BCUT2D eigenvalue weighted by Gasteiger charge is 2.25. The van der Waals surface area contributed by atoms with Crippen molar-refractivity contribution >= 4 is 17.2 Å². The first-order valence-electron chi connectivity index (χ1n) is 9.46. The normalized spacial score (nSPS) is 17.0. The van der Waals surface area contributed by atoms with E-state index in [1.165, 1.54) is 17.7 Å². The molecule has 4 nitrogen and oxygen atoms in total. The first kappa shape index (κ1) is 18.9. The minimum Gasteiger partial charge on any atom is -0.494 e. The van der Waals surface area contributed by atoms with Crippen LogP contribution >= 0.6 is 11.3 Å². The van der Waals surface area contributed by atoms with Crippen LogP contribution in [-0.4, -0.2) is 37.0 Å².